The van der Waals surface area contributed by atoms with Gasteiger partial charge in [0.25, 0.3) is 0 Å². The molecule has 5 aromatic rings. The molecule has 0 aliphatic rings. The normalized spacial score (nSPS) is 10.9. The second-order valence-electron chi connectivity index (χ2n) is 6.88. The van der Waals surface area contributed by atoms with Crippen molar-refractivity contribution in [3.63, 3.8) is 0 Å². The van der Waals surface area contributed by atoms with E-state index in [1.54, 1.807) is 35.4 Å². The number of pyridine rings is 1. The molecule has 0 fully saturated rings. The van der Waals surface area contributed by atoms with Gasteiger partial charge in [-0.15, -0.1) is 0 Å². The highest BCUT2D eigenvalue weighted by molar-refractivity contribution is 5.90. The quantitative estimate of drug-likeness (QED) is 0.421. The van der Waals surface area contributed by atoms with E-state index < -0.39 is 0 Å². The van der Waals surface area contributed by atoms with Gasteiger partial charge in [0.15, 0.2) is 5.65 Å². The van der Waals surface area contributed by atoms with Gasteiger partial charge in [-0.05, 0) is 42.0 Å². The minimum atomic E-state index is -0.329. The van der Waals surface area contributed by atoms with E-state index in [1.807, 2.05) is 42.5 Å². The average Bonchev–Trinajstić information content (AvgIpc) is 3.23. The van der Waals surface area contributed by atoms with Gasteiger partial charge < -0.3 is 10.6 Å². The van der Waals surface area contributed by atoms with Crippen molar-refractivity contribution < 1.29 is 4.39 Å². The molecule has 0 saturated carbocycles. The third-order valence-corrected chi connectivity index (χ3v) is 4.69. The van der Waals surface area contributed by atoms with Crippen LogP contribution in [0.4, 0.5) is 21.8 Å². The molecule has 152 valence electrons. The summed E-state index contributed by atoms with van der Waals surface area (Å²) in [5, 5.41) is 11.7. The van der Waals surface area contributed by atoms with E-state index in [0.29, 0.717) is 29.6 Å². The summed E-state index contributed by atoms with van der Waals surface area (Å²) in [7, 11) is 0. The Kier molecular flexibility index (Phi) is 4.94. The maximum absolute atomic E-state index is 13.7. The monoisotopic (exact) mass is 411 g/mol. The summed E-state index contributed by atoms with van der Waals surface area (Å²) >= 11 is 0. The van der Waals surface area contributed by atoms with Crippen LogP contribution >= 0.6 is 0 Å². The predicted molar refractivity (Wildman–Crippen MR) is 118 cm³/mol. The molecule has 0 bridgehead atoms. The van der Waals surface area contributed by atoms with Crippen molar-refractivity contribution in [1.29, 1.82) is 0 Å². The molecule has 0 radical (unpaired) electrons. The summed E-state index contributed by atoms with van der Waals surface area (Å²) in [4.78, 5) is 13.4. The number of para-hydroxylation sites is 1. The maximum Gasteiger partial charge on any atom is 0.227 e. The fourth-order valence-electron chi connectivity index (χ4n) is 3.23. The topological polar surface area (TPSA) is 80.6 Å². The fourth-order valence-corrected chi connectivity index (χ4v) is 3.23. The van der Waals surface area contributed by atoms with Gasteiger partial charge in [0.05, 0.1) is 17.3 Å². The number of hydrogen-bond acceptors (Lipinski definition) is 6. The number of anilines is 3. The summed E-state index contributed by atoms with van der Waals surface area (Å²) in [5.74, 6) is 0.629. The zero-order valence-corrected chi connectivity index (χ0v) is 16.4. The van der Waals surface area contributed by atoms with E-state index in [9.17, 15) is 4.39 Å². The first-order chi connectivity index (χ1) is 15.3. The minimum absolute atomic E-state index is 0.329. The van der Waals surface area contributed by atoms with Crippen LogP contribution in [0.15, 0.2) is 85.3 Å². The van der Waals surface area contributed by atoms with E-state index in [4.69, 9.17) is 4.98 Å². The van der Waals surface area contributed by atoms with Crippen LogP contribution in [-0.2, 0) is 6.54 Å². The molecule has 0 saturated heterocycles. The zero-order valence-electron chi connectivity index (χ0n) is 16.4. The first-order valence-electron chi connectivity index (χ1n) is 9.73. The highest BCUT2D eigenvalue weighted by Crippen LogP contribution is 2.27. The number of nitrogens with zero attached hydrogens (tertiary/aromatic N) is 5. The molecular formula is C23H18FN7. The number of halogens is 1. The lowest BCUT2D eigenvalue weighted by Gasteiger charge is -2.11. The van der Waals surface area contributed by atoms with E-state index in [1.165, 1.54) is 12.1 Å². The third-order valence-electron chi connectivity index (χ3n) is 4.69. The van der Waals surface area contributed by atoms with Crippen LogP contribution in [0.3, 0.4) is 0 Å². The molecular weight excluding hydrogens is 393 g/mol. The van der Waals surface area contributed by atoms with Crippen molar-refractivity contribution in [3.8, 4) is 5.69 Å². The molecule has 0 aliphatic carbocycles. The van der Waals surface area contributed by atoms with Crippen molar-refractivity contribution in [3.05, 3.63) is 96.7 Å². The summed E-state index contributed by atoms with van der Waals surface area (Å²) in [5.41, 5.74) is 3.10. The second-order valence-corrected chi connectivity index (χ2v) is 6.88. The Labute approximate surface area is 177 Å². The Morgan fingerprint density at radius 3 is 2.61 bits per heavy atom. The molecule has 2 aromatic carbocycles. The number of benzene rings is 2. The van der Waals surface area contributed by atoms with Gasteiger partial charge >= 0.3 is 0 Å². The van der Waals surface area contributed by atoms with Crippen molar-refractivity contribution in [1.82, 2.24) is 24.7 Å². The number of nitrogens with one attached hydrogen (secondary N) is 2. The zero-order chi connectivity index (χ0) is 21.0. The van der Waals surface area contributed by atoms with Crippen LogP contribution in [-0.4, -0.2) is 24.7 Å². The van der Waals surface area contributed by atoms with Crippen molar-refractivity contribution in [2.75, 3.05) is 10.6 Å². The Hall–Kier alpha value is -4.33. The van der Waals surface area contributed by atoms with E-state index in [2.05, 4.69) is 25.7 Å². The van der Waals surface area contributed by atoms with Crippen LogP contribution in [0.5, 0.6) is 0 Å². The maximum atomic E-state index is 13.7. The molecule has 3 aromatic heterocycles. The molecule has 5 rings (SSSR count). The third kappa shape index (κ3) is 4.04. The molecule has 7 nitrogen and oxygen atoms in total. The van der Waals surface area contributed by atoms with E-state index in [0.717, 1.165) is 16.6 Å². The molecule has 2 N–H and O–H groups in total. The van der Waals surface area contributed by atoms with Gasteiger partial charge in [-0.2, -0.15) is 15.1 Å². The first kappa shape index (κ1) is 18.7. The van der Waals surface area contributed by atoms with E-state index >= 15 is 0 Å². The van der Waals surface area contributed by atoms with Crippen LogP contribution < -0.4 is 10.6 Å². The SMILES string of the molecule is Fc1cccc(Nc2nc(NCc3cccnc3)nc3c2cnn3-c2ccccc2)c1. The summed E-state index contributed by atoms with van der Waals surface area (Å²) < 4.78 is 15.4. The fraction of sp³-hybridized carbons (Fsp3) is 0.0435. The van der Waals surface area contributed by atoms with Gasteiger partial charge in [-0.3, -0.25) is 4.98 Å². The van der Waals surface area contributed by atoms with Gasteiger partial charge in [-0.1, -0.05) is 30.3 Å². The molecule has 0 amide bonds. The van der Waals surface area contributed by atoms with Crippen LogP contribution in [0.1, 0.15) is 5.56 Å². The van der Waals surface area contributed by atoms with Crippen molar-refractivity contribution in [2.45, 2.75) is 6.54 Å². The molecule has 0 spiro atoms. The smallest absolute Gasteiger partial charge is 0.227 e. The number of hydrogen-bond donors (Lipinski definition) is 2. The molecule has 3 heterocycles. The van der Waals surface area contributed by atoms with Gasteiger partial charge in [-0.25, -0.2) is 9.07 Å². The molecule has 8 heteroatoms. The molecule has 0 aliphatic heterocycles. The predicted octanol–water partition coefficient (Wildman–Crippen LogP) is 4.71. The Bertz CT molecular complexity index is 1320. The number of aromatic nitrogens is 5. The summed E-state index contributed by atoms with van der Waals surface area (Å²) in [6.07, 6.45) is 5.21. The molecule has 31 heavy (non-hydrogen) atoms. The van der Waals surface area contributed by atoms with Crippen molar-refractivity contribution in [2.24, 2.45) is 0 Å². The standard InChI is InChI=1S/C23H18FN7/c24-17-7-4-8-18(12-17)28-21-20-15-27-31(19-9-2-1-3-10-19)22(20)30-23(29-21)26-14-16-6-5-11-25-13-16/h1-13,15H,14H2,(H2,26,28,29,30). The molecule has 0 atom stereocenters. The van der Waals surface area contributed by atoms with Gasteiger partial charge in [0.2, 0.25) is 5.95 Å². The van der Waals surface area contributed by atoms with Crippen LogP contribution in [0.25, 0.3) is 16.7 Å². The van der Waals surface area contributed by atoms with E-state index in [-0.39, 0.29) is 5.82 Å². The summed E-state index contributed by atoms with van der Waals surface area (Å²) in [6.45, 7) is 0.512. The Morgan fingerprint density at radius 2 is 1.81 bits per heavy atom. The van der Waals surface area contributed by atoms with Gasteiger partial charge in [0, 0.05) is 24.6 Å². The lowest BCUT2D eigenvalue weighted by atomic mass is 10.3. The van der Waals surface area contributed by atoms with Gasteiger partial charge in [0.1, 0.15) is 11.6 Å². The lowest BCUT2D eigenvalue weighted by molar-refractivity contribution is 0.628. The largest absolute Gasteiger partial charge is 0.350 e. The Morgan fingerprint density at radius 1 is 0.903 bits per heavy atom. The second kappa shape index (κ2) is 8.19. The average molecular weight is 411 g/mol. The Balaban J connectivity index is 1.57. The lowest BCUT2D eigenvalue weighted by Crippen LogP contribution is -2.07. The number of rotatable bonds is 6. The minimum Gasteiger partial charge on any atom is -0.350 e. The highest BCUT2D eigenvalue weighted by Gasteiger charge is 2.14. The van der Waals surface area contributed by atoms with Crippen LogP contribution in [0, 0.1) is 5.82 Å². The molecule has 0 unspecified atom stereocenters. The van der Waals surface area contributed by atoms with Crippen molar-refractivity contribution >= 4 is 28.5 Å². The first-order valence-corrected chi connectivity index (χ1v) is 9.73. The summed E-state index contributed by atoms with van der Waals surface area (Å²) in [6, 6.07) is 19.8. The number of fused-ring (bicyclic) bond motifs is 1. The highest BCUT2D eigenvalue weighted by atomic mass is 19.1. The van der Waals surface area contributed by atoms with Crippen LogP contribution in [0.2, 0.25) is 0 Å².